The summed E-state index contributed by atoms with van der Waals surface area (Å²) in [6.45, 7) is 1.93. The summed E-state index contributed by atoms with van der Waals surface area (Å²) < 4.78 is 23.6. The number of nitrogens with zero attached hydrogens (tertiary/aromatic N) is 1. The van der Waals surface area contributed by atoms with Crippen molar-refractivity contribution < 1.29 is 13.2 Å². The third-order valence-corrected chi connectivity index (χ3v) is 5.11. The van der Waals surface area contributed by atoms with E-state index in [4.69, 9.17) is 5.73 Å². The van der Waals surface area contributed by atoms with Crippen LogP contribution in [0.3, 0.4) is 0 Å². The van der Waals surface area contributed by atoms with Crippen molar-refractivity contribution >= 4 is 15.7 Å². The highest BCUT2D eigenvalue weighted by molar-refractivity contribution is 7.92. The van der Waals surface area contributed by atoms with Crippen LogP contribution in [0.4, 0.5) is 0 Å². The highest BCUT2D eigenvalue weighted by Crippen LogP contribution is 2.25. The molecular formula is C10H20N2O3S. The van der Waals surface area contributed by atoms with E-state index in [9.17, 15) is 13.2 Å². The van der Waals surface area contributed by atoms with Crippen LogP contribution in [0.25, 0.3) is 0 Å². The SMILES string of the molecule is CC(CCN)S(=O)(=O)CC(=O)N(C)C1CC1. The van der Waals surface area contributed by atoms with Crippen molar-refractivity contribution in [1.82, 2.24) is 4.90 Å². The summed E-state index contributed by atoms with van der Waals surface area (Å²) in [5, 5.41) is -0.533. The molecule has 1 saturated carbocycles. The molecule has 0 radical (unpaired) electrons. The van der Waals surface area contributed by atoms with Crippen LogP contribution in [0.2, 0.25) is 0 Å². The van der Waals surface area contributed by atoms with Crippen molar-refractivity contribution in [2.45, 2.75) is 37.5 Å². The van der Waals surface area contributed by atoms with Gasteiger partial charge >= 0.3 is 0 Å². The van der Waals surface area contributed by atoms with Gasteiger partial charge in [0.05, 0.1) is 5.25 Å². The maximum Gasteiger partial charge on any atom is 0.237 e. The van der Waals surface area contributed by atoms with E-state index in [0.29, 0.717) is 13.0 Å². The zero-order valence-corrected chi connectivity index (χ0v) is 10.7. The molecular weight excluding hydrogens is 228 g/mol. The van der Waals surface area contributed by atoms with Gasteiger partial charge in [-0.3, -0.25) is 4.79 Å². The van der Waals surface area contributed by atoms with Gasteiger partial charge in [0, 0.05) is 13.1 Å². The van der Waals surface area contributed by atoms with Gasteiger partial charge in [-0.05, 0) is 32.7 Å². The zero-order valence-electron chi connectivity index (χ0n) is 9.85. The van der Waals surface area contributed by atoms with Crippen LogP contribution in [0.1, 0.15) is 26.2 Å². The Bertz CT molecular complexity index is 349. The van der Waals surface area contributed by atoms with Gasteiger partial charge < -0.3 is 10.6 Å². The molecule has 5 nitrogen and oxygen atoms in total. The van der Waals surface area contributed by atoms with E-state index in [1.165, 1.54) is 0 Å². The molecule has 0 aromatic heterocycles. The summed E-state index contributed by atoms with van der Waals surface area (Å²) >= 11 is 0. The van der Waals surface area contributed by atoms with Crippen LogP contribution < -0.4 is 5.73 Å². The molecule has 0 aromatic carbocycles. The van der Waals surface area contributed by atoms with E-state index >= 15 is 0 Å². The molecule has 1 rings (SSSR count). The number of amides is 1. The molecule has 0 heterocycles. The Labute approximate surface area is 96.9 Å². The zero-order chi connectivity index (χ0) is 12.3. The highest BCUT2D eigenvalue weighted by atomic mass is 32.2. The Morgan fingerprint density at radius 3 is 2.50 bits per heavy atom. The van der Waals surface area contributed by atoms with E-state index in [1.807, 2.05) is 0 Å². The number of carbonyl (C=O) groups is 1. The van der Waals surface area contributed by atoms with Crippen molar-refractivity contribution in [3.63, 3.8) is 0 Å². The molecule has 1 aliphatic rings. The van der Waals surface area contributed by atoms with Crippen molar-refractivity contribution in [2.75, 3.05) is 19.3 Å². The minimum atomic E-state index is -3.34. The fourth-order valence-electron chi connectivity index (χ4n) is 1.50. The van der Waals surface area contributed by atoms with Gasteiger partial charge in [-0.25, -0.2) is 8.42 Å². The van der Waals surface area contributed by atoms with Crippen molar-refractivity contribution in [3.05, 3.63) is 0 Å². The lowest BCUT2D eigenvalue weighted by molar-refractivity contribution is -0.127. The monoisotopic (exact) mass is 248 g/mol. The third kappa shape index (κ3) is 3.45. The molecule has 2 N–H and O–H groups in total. The first-order valence-electron chi connectivity index (χ1n) is 5.55. The highest BCUT2D eigenvalue weighted by Gasteiger charge is 2.32. The molecule has 16 heavy (non-hydrogen) atoms. The average molecular weight is 248 g/mol. The van der Waals surface area contributed by atoms with Gasteiger partial charge in [-0.15, -0.1) is 0 Å². The second-order valence-electron chi connectivity index (χ2n) is 4.43. The predicted octanol–water partition coefficient (Wildman–Crippen LogP) is -0.241. The lowest BCUT2D eigenvalue weighted by Gasteiger charge is -2.18. The molecule has 1 atom stereocenters. The second kappa shape index (κ2) is 5.14. The molecule has 1 aliphatic carbocycles. The Balaban J connectivity index is 2.54. The normalized spacial score (nSPS) is 18.2. The summed E-state index contributed by atoms with van der Waals surface area (Å²) in [7, 11) is -1.67. The van der Waals surface area contributed by atoms with Crippen molar-refractivity contribution in [1.29, 1.82) is 0 Å². The minimum Gasteiger partial charge on any atom is -0.342 e. The lowest BCUT2D eigenvalue weighted by atomic mass is 10.3. The van der Waals surface area contributed by atoms with Gasteiger partial charge in [-0.2, -0.15) is 0 Å². The maximum atomic E-state index is 11.8. The van der Waals surface area contributed by atoms with E-state index in [0.717, 1.165) is 12.8 Å². The van der Waals surface area contributed by atoms with Crippen molar-refractivity contribution in [3.8, 4) is 0 Å². The Kier molecular flexibility index (Phi) is 4.32. The minimum absolute atomic E-state index is 0.257. The first-order valence-corrected chi connectivity index (χ1v) is 7.27. The van der Waals surface area contributed by atoms with Crippen LogP contribution in [0.15, 0.2) is 0 Å². The van der Waals surface area contributed by atoms with Crippen molar-refractivity contribution in [2.24, 2.45) is 5.73 Å². The molecule has 0 bridgehead atoms. The fourth-order valence-corrected chi connectivity index (χ4v) is 2.82. The van der Waals surface area contributed by atoms with E-state index in [-0.39, 0.29) is 17.7 Å². The molecule has 1 unspecified atom stereocenters. The van der Waals surface area contributed by atoms with Gasteiger partial charge in [0.15, 0.2) is 9.84 Å². The van der Waals surface area contributed by atoms with Gasteiger partial charge in [0.1, 0.15) is 5.75 Å². The standard InChI is InChI=1S/C10H20N2O3S/c1-8(5-6-11)16(14,15)7-10(13)12(2)9-3-4-9/h8-9H,3-7,11H2,1-2H3. The quantitative estimate of drug-likeness (QED) is 0.703. The average Bonchev–Trinajstić information content (AvgIpc) is 2.99. The van der Waals surface area contributed by atoms with Gasteiger partial charge in [-0.1, -0.05) is 0 Å². The summed E-state index contributed by atoms with van der Waals surface area (Å²) in [6, 6.07) is 0.257. The first kappa shape index (κ1) is 13.4. The Hall–Kier alpha value is -0.620. The number of sulfone groups is 1. The van der Waals surface area contributed by atoms with E-state index < -0.39 is 15.1 Å². The molecule has 0 saturated heterocycles. The van der Waals surface area contributed by atoms with Gasteiger partial charge in [0.2, 0.25) is 5.91 Å². The number of nitrogens with two attached hydrogens (primary N) is 1. The van der Waals surface area contributed by atoms with Crippen LogP contribution in [0.5, 0.6) is 0 Å². The topological polar surface area (TPSA) is 80.5 Å². The first-order chi connectivity index (χ1) is 7.38. The van der Waals surface area contributed by atoms with E-state index in [1.54, 1.807) is 18.9 Å². The summed E-state index contributed by atoms with van der Waals surface area (Å²) in [5.74, 6) is -0.687. The number of rotatable bonds is 6. The molecule has 0 aromatic rings. The van der Waals surface area contributed by atoms with Crippen LogP contribution in [0, 0.1) is 0 Å². The molecule has 1 fully saturated rings. The molecule has 1 amide bonds. The maximum absolute atomic E-state index is 11.8. The second-order valence-corrected chi connectivity index (χ2v) is 6.85. The fraction of sp³-hybridized carbons (Fsp3) is 0.900. The summed E-state index contributed by atoms with van der Waals surface area (Å²) in [5.41, 5.74) is 5.32. The molecule has 6 heteroatoms. The summed E-state index contributed by atoms with van der Waals surface area (Å²) in [6.07, 6.45) is 2.38. The number of carbonyl (C=O) groups excluding carboxylic acids is 1. The smallest absolute Gasteiger partial charge is 0.237 e. The molecule has 94 valence electrons. The Morgan fingerprint density at radius 2 is 2.06 bits per heavy atom. The van der Waals surface area contributed by atoms with E-state index in [2.05, 4.69) is 0 Å². The number of hydrogen-bond donors (Lipinski definition) is 1. The van der Waals surface area contributed by atoms with Crippen LogP contribution in [-0.2, 0) is 14.6 Å². The third-order valence-electron chi connectivity index (χ3n) is 3.00. The summed E-state index contributed by atoms with van der Waals surface area (Å²) in [4.78, 5) is 13.2. The van der Waals surface area contributed by atoms with Crippen LogP contribution >= 0.6 is 0 Å². The van der Waals surface area contributed by atoms with Crippen LogP contribution in [-0.4, -0.2) is 49.9 Å². The molecule has 0 spiro atoms. The number of hydrogen-bond acceptors (Lipinski definition) is 4. The van der Waals surface area contributed by atoms with Gasteiger partial charge in [0.25, 0.3) is 0 Å². The largest absolute Gasteiger partial charge is 0.342 e. The predicted molar refractivity (Wildman–Crippen MR) is 62.7 cm³/mol. The molecule has 0 aliphatic heterocycles. The lowest BCUT2D eigenvalue weighted by Crippen LogP contribution is -2.37. The Morgan fingerprint density at radius 1 is 1.50 bits per heavy atom.